The molecule has 2 aromatic carbocycles. The number of thiazole rings is 1. The number of hydrogen-bond acceptors (Lipinski definition) is 6. The summed E-state index contributed by atoms with van der Waals surface area (Å²) in [4.78, 5) is 18.1. The minimum absolute atomic E-state index is 0.101. The first-order chi connectivity index (χ1) is 12.7. The summed E-state index contributed by atoms with van der Waals surface area (Å²) in [7, 11) is 4.71. The Morgan fingerprint density at radius 3 is 2.42 bits per heavy atom. The van der Waals surface area contributed by atoms with Crippen molar-refractivity contribution in [1.82, 2.24) is 9.38 Å². The van der Waals surface area contributed by atoms with Crippen molar-refractivity contribution in [2.75, 3.05) is 21.3 Å². The van der Waals surface area contributed by atoms with Crippen LogP contribution in [-0.2, 0) is 0 Å². The summed E-state index contributed by atoms with van der Waals surface area (Å²) in [5.74, 6) is 1.73. The lowest BCUT2D eigenvalue weighted by Crippen LogP contribution is -2.22. The van der Waals surface area contributed by atoms with Crippen molar-refractivity contribution < 1.29 is 14.2 Å². The van der Waals surface area contributed by atoms with Crippen LogP contribution in [0.1, 0.15) is 5.56 Å². The van der Waals surface area contributed by atoms with Gasteiger partial charge in [-0.15, -0.1) is 0 Å². The van der Waals surface area contributed by atoms with E-state index in [1.807, 2.05) is 24.3 Å². The number of methoxy groups -OCH3 is 3. The van der Waals surface area contributed by atoms with Gasteiger partial charge in [-0.1, -0.05) is 23.5 Å². The predicted molar refractivity (Wildman–Crippen MR) is 102 cm³/mol. The van der Waals surface area contributed by atoms with Crippen molar-refractivity contribution in [3.05, 3.63) is 56.8 Å². The van der Waals surface area contributed by atoms with Crippen LogP contribution >= 0.6 is 11.3 Å². The molecule has 0 bridgehead atoms. The molecule has 0 radical (unpaired) electrons. The zero-order chi connectivity index (χ0) is 18.3. The van der Waals surface area contributed by atoms with Gasteiger partial charge in [-0.3, -0.25) is 4.79 Å². The molecule has 0 spiro atoms. The molecule has 4 aromatic rings. The van der Waals surface area contributed by atoms with Crippen LogP contribution in [0.4, 0.5) is 0 Å². The summed E-state index contributed by atoms with van der Waals surface area (Å²) in [6.07, 6.45) is 1.79. The van der Waals surface area contributed by atoms with Crippen molar-refractivity contribution in [2.45, 2.75) is 0 Å². The molecule has 0 N–H and O–H groups in total. The summed E-state index contributed by atoms with van der Waals surface area (Å²) >= 11 is 1.34. The predicted octanol–water partition coefficient (Wildman–Crippen LogP) is 2.48. The van der Waals surface area contributed by atoms with Crippen LogP contribution in [0.3, 0.4) is 0 Å². The molecule has 0 fully saturated rings. The van der Waals surface area contributed by atoms with Crippen molar-refractivity contribution >= 4 is 33.4 Å². The SMILES string of the molecule is COc1cc(OC)c(OC)cc1C=c1sc2nc3ccccc3n2c1=O. The van der Waals surface area contributed by atoms with E-state index in [-0.39, 0.29) is 5.56 Å². The molecule has 0 saturated carbocycles. The van der Waals surface area contributed by atoms with E-state index < -0.39 is 0 Å². The van der Waals surface area contributed by atoms with Gasteiger partial charge in [-0.05, 0) is 24.3 Å². The fraction of sp³-hybridized carbons (Fsp3) is 0.158. The number of rotatable bonds is 4. The molecule has 0 aliphatic heterocycles. The van der Waals surface area contributed by atoms with E-state index in [2.05, 4.69) is 4.98 Å². The molecule has 0 unspecified atom stereocenters. The number of ether oxygens (including phenoxy) is 3. The van der Waals surface area contributed by atoms with E-state index in [1.165, 1.54) is 11.3 Å². The minimum Gasteiger partial charge on any atom is -0.496 e. The summed E-state index contributed by atoms with van der Waals surface area (Å²) in [6.45, 7) is 0. The Bertz CT molecular complexity index is 1230. The number of hydrogen-bond donors (Lipinski definition) is 0. The molecule has 2 aromatic heterocycles. The van der Waals surface area contributed by atoms with Crippen molar-refractivity contribution in [3.8, 4) is 17.2 Å². The standard InChI is InChI=1S/C19H16N2O4S/c1-23-14-10-16(25-3)15(24-2)8-11(14)9-17-18(22)21-13-7-5-4-6-12(13)20-19(21)26-17/h4-10H,1-3H3. The van der Waals surface area contributed by atoms with Gasteiger partial charge in [-0.25, -0.2) is 9.38 Å². The maximum Gasteiger partial charge on any atom is 0.274 e. The lowest BCUT2D eigenvalue weighted by atomic mass is 10.1. The highest BCUT2D eigenvalue weighted by atomic mass is 32.1. The van der Waals surface area contributed by atoms with Crippen molar-refractivity contribution in [3.63, 3.8) is 0 Å². The van der Waals surface area contributed by atoms with Gasteiger partial charge in [0.15, 0.2) is 16.5 Å². The molecule has 2 heterocycles. The lowest BCUT2D eigenvalue weighted by Gasteiger charge is -2.11. The van der Waals surface area contributed by atoms with Crippen molar-refractivity contribution in [1.29, 1.82) is 0 Å². The molecule has 26 heavy (non-hydrogen) atoms. The topological polar surface area (TPSA) is 62.1 Å². The number of benzene rings is 2. The highest BCUT2D eigenvalue weighted by Crippen LogP contribution is 2.34. The van der Waals surface area contributed by atoms with Gasteiger partial charge < -0.3 is 14.2 Å². The zero-order valence-corrected chi connectivity index (χ0v) is 15.3. The van der Waals surface area contributed by atoms with Gasteiger partial charge in [0, 0.05) is 11.6 Å². The van der Waals surface area contributed by atoms with Gasteiger partial charge in [0.2, 0.25) is 0 Å². The summed E-state index contributed by atoms with van der Waals surface area (Å²) in [5.41, 5.74) is 2.25. The monoisotopic (exact) mass is 368 g/mol. The normalized spacial score (nSPS) is 12.0. The zero-order valence-electron chi connectivity index (χ0n) is 14.5. The third kappa shape index (κ3) is 2.48. The molecule has 0 saturated heterocycles. The van der Waals surface area contributed by atoms with Crippen LogP contribution in [0.25, 0.3) is 22.1 Å². The van der Waals surface area contributed by atoms with Gasteiger partial charge in [0.05, 0.1) is 36.9 Å². The van der Waals surface area contributed by atoms with E-state index in [0.29, 0.717) is 26.7 Å². The number of imidazole rings is 1. The second-order valence-corrected chi connectivity index (χ2v) is 6.59. The van der Waals surface area contributed by atoms with Crippen LogP contribution in [0.2, 0.25) is 0 Å². The average molecular weight is 368 g/mol. The van der Waals surface area contributed by atoms with Gasteiger partial charge in [0.1, 0.15) is 5.75 Å². The average Bonchev–Trinajstić information content (AvgIpc) is 3.17. The molecule has 0 aliphatic carbocycles. The van der Waals surface area contributed by atoms with Gasteiger partial charge >= 0.3 is 0 Å². The fourth-order valence-corrected chi connectivity index (χ4v) is 3.90. The first-order valence-corrected chi connectivity index (χ1v) is 8.69. The number of aromatic nitrogens is 2. The number of para-hydroxylation sites is 2. The highest BCUT2D eigenvalue weighted by Gasteiger charge is 2.13. The van der Waals surface area contributed by atoms with E-state index in [9.17, 15) is 4.79 Å². The summed E-state index contributed by atoms with van der Waals surface area (Å²) in [6, 6.07) is 11.1. The third-order valence-corrected chi connectivity index (χ3v) is 5.14. The molecule has 7 heteroatoms. The summed E-state index contributed by atoms with van der Waals surface area (Å²) in [5, 5.41) is 0. The van der Waals surface area contributed by atoms with E-state index >= 15 is 0 Å². The van der Waals surface area contributed by atoms with Crippen LogP contribution in [0.5, 0.6) is 17.2 Å². The Labute approximate surface area is 152 Å². The Morgan fingerprint density at radius 1 is 1.00 bits per heavy atom. The van der Waals surface area contributed by atoms with E-state index in [4.69, 9.17) is 14.2 Å². The molecule has 132 valence electrons. The van der Waals surface area contributed by atoms with Gasteiger partial charge in [-0.2, -0.15) is 0 Å². The molecule has 0 amide bonds. The van der Waals surface area contributed by atoms with Crippen LogP contribution in [-0.4, -0.2) is 30.7 Å². The smallest absolute Gasteiger partial charge is 0.274 e. The molecular formula is C19H16N2O4S. The van der Waals surface area contributed by atoms with E-state index in [0.717, 1.165) is 16.6 Å². The second kappa shape index (κ2) is 6.34. The Kier molecular flexibility index (Phi) is 4.00. The Hall–Kier alpha value is -3.06. The third-order valence-electron chi connectivity index (χ3n) is 4.17. The maximum atomic E-state index is 12.9. The molecular weight excluding hydrogens is 352 g/mol. The Morgan fingerprint density at radius 2 is 1.69 bits per heavy atom. The van der Waals surface area contributed by atoms with Crippen LogP contribution in [0.15, 0.2) is 41.2 Å². The fourth-order valence-electron chi connectivity index (χ4n) is 2.92. The van der Waals surface area contributed by atoms with Crippen LogP contribution in [0, 0.1) is 0 Å². The number of nitrogens with zero attached hydrogens (tertiary/aromatic N) is 2. The van der Waals surface area contributed by atoms with Gasteiger partial charge in [0.25, 0.3) is 5.56 Å². The number of fused-ring (bicyclic) bond motifs is 3. The highest BCUT2D eigenvalue weighted by molar-refractivity contribution is 7.15. The van der Waals surface area contributed by atoms with Crippen LogP contribution < -0.4 is 24.3 Å². The quantitative estimate of drug-likeness (QED) is 0.554. The maximum absolute atomic E-state index is 12.9. The second-order valence-electron chi connectivity index (χ2n) is 5.58. The first-order valence-electron chi connectivity index (χ1n) is 7.88. The minimum atomic E-state index is -0.101. The molecule has 6 nitrogen and oxygen atoms in total. The first kappa shape index (κ1) is 16.4. The molecule has 4 rings (SSSR count). The van der Waals surface area contributed by atoms with Crippen molar-refractivity contribution in [2.24, 2.45) is 0 Å². The Balaban J connectivity index is 1.97. The summed E-state index contributed by atoms with van der Waals surface area (Å²) < 4.78 is 18.3. The lowest BCUT2D eigenvalue weighted by molar-refractivity contribution is 0.348. The molecule has 0 atom stereocenters. The largest absolute Gasteiger partial charge is 0.496 e. The molecule has 0 aliphatic rings. The van der Waals surface area contributed by atoms with E-state index in [1.54, 1.807) is 43.9 Å².